The van der Waals surface area contributed by atoms with Crippen molar-refractivity contribution in [2.45, 2.75) is 225 Å². The Bertz CT molecular complexity index is 1060. The maximum absolute atomic E-state index is 12.6. The Balaban J connectivity index is 4.26. The molecule has 0 fully saturated rings. The molecule has 0 bridgehead atoms. The highest BCUT2D eigenvalue weighted by Gasteiger charge is 2.27. The molecule has 0 spiro atoms. The molecule has 340 valence electrons. The first-order valence-electron chi connectivity index (χ1n) is 23.4. The van der Waals surface area contributed by atoms with Gasteiger partial charge in [0.25, 0.3) is 0 Å². The first-order valence-corrected chi connectivity index (χ1v) is 24.9. The van der Waals surface area contributed by atoms with Gasteiger partial charge in [0.15, 0.2) is 6.10 Å². The zero-order chi connectivity index (χ0) is 42.6. The Morgan fingerprint density at radius 2 is 0.897 bits per heavy atom. The Kier molecular flexibility index (Phi) is 41.9. The third kappa shape index (κ3) is 42.3. The number of ether oxygens (including phenoxy) is 2. The molecule has 58 heavy (non-hydrogen) atoms. The van der Waals surface area contributed by atoms with Gasteiger partial charge in [-0.3, -0.25) is 18.6 Å². The zero-order valence-corrected chi connectivity index (χ0v) is 37.9. The summed E-state index contributed by atoms with van der Waals surface area (Å²) in [6.45, 7) is 2.36. The largest absolute Gasteiger partial charge is 0.472 e. The van der Waals surface area contributed by atoms with E-state index in [9.17, 15) is 24.2 Å². The lowest BCUT2D eigenvalue weighted by atomic mass is 10.1. The van der Waals surface area contributed by atoms with Crippen molar-refractivity contribution in [2.24, 2.45) is 0 Å². The quantitative estimate of drug-likeness (QED) is 0.0234. The molecule has 0 rings (SSSR count). The van der Waals surface area contributed by atoms with E-state index in [-0.39, 0.29) is 19.4 Å². The number of esters is 2. The van der Waals surface area contributed by atoms with Crippen LogP contribution in [0.1, 0.15) is 213 Å². The Hall–Kier alpha value is -1.81. The van der Waals surface area contributed by atoms with Crippen molar-refractivity contribution in [2.75, 3.05) is 26.4 Å². The van der Waals surface area contributed by atoms with Gasteiger partial charge in [0, 0.05) is 12.8 Å². The maximum atomic E-state index is 12.6. The number of carbonyl (C=O) groups excluding carboxylic acids is 2. The second-order valence-corrected chi connectivity index (χ2v) is 17.2. The molecular formula is C47H87O10P. The Morgan fingerprint density at radius 1 is 0.517 bits per heavy atom. The van der Waals surface area contributed by atoms with Gasteiger partial charge in [-0.05, 0) is 70.6 Å². The van der Waals surface area contributed by atoms with Crippen LogP contribution in [0.15, 0.2) is 36.5 Å². The number of phosphoric ester groups is 1. The number of allylic oxidation sites excluding steroid dienone is 6. The van der Waals surface area contributed by atoms with Crippen LogP contribution < -0.4 is 0 Å². The maximum Gasteiger partial charge on any atom is 0.472 e. The predicted molar refractivity (Wildman–Crippen MR) is 238 cm³/mol. The van der Waals surface area contributed by atoms with Crippen molar-refractivity contribution in [1.82, 2.24) is 0 Å². The predicted octanol–water partition coefficient (Wildman–Crippen LogP) is 12.7. The number of rotatable bonds is 44. The number of hydrogen-bond acceptors (Lipinski definition) is 9. The first kappa shape index (κ1) is 56.2. The third-order valence-electron chi connectivity index (χ3n) is 10.0. The van der Waals surface area contributed by atoms with Gasteiger partial charge >= 0.3 is 19.8 Å². The lowest BCUT2D eigenvalue weighted by Gasteiger charge is -2.20. The molecule has 0 aromatic carbocycles. The van der Waals surface area contributed by atoms with Crippen LogP contribution in [0, 0.1) is 0 Å². The summed E-state index contributed by atoms with van der Waals surface area (Å²) < 4.78 is 32.8. The van der Waals surface area contributed by atoms with Gasteiger partial charge < -0.3 is 24.6 Å². The van der Waals surface area contributed by atoms with Crippen molar-refractivity contribution < 1.29 is 47.8 Å². The zero-order valence-electron chi connectivity index (χ0n) is 37.0. The lowest BCUT2D eigenvalue weighted by Crippen LogP contribution is -2.29. The Labute approximate surface area is 354 Å². The normalized spacial score (nSPS) is 14.1. The fraction of sp³-hybridized carbons (Fsp3) is 0.830. The number of phosphoric acid groups is 1. The Morgan fingerprint density at radius 3 is 1.36 bits per heavy atom. The average Bonchev–Trinajstić information content (AvgIpc) is 3.21. The number of aliphatic hydroxyl groups excluding tert-OH is 2. The summed E-state index contributed by atoms with van der Waals surface area (Å²) in [5.41, 5.74) is 0. The summed E-state index contributed by atoms with van der Waals surface area (Å²) in [4.78, 5) is 35.1. The van der Waals surface area contributed by atoms with Gasteiger partial charge in [-0.2, -0.15) is 0 Å². The lowest BCUT2D eigenvalue weighted by molar-refractivity contribution is -0.161. The van der Waals surface area contributed by atoms with Crippen LogP contribution in [0.2, 0.25) is 0 Å². The molecule has 10 nitrogen and oxygen atoms in total. The van der Waals surface area contributed by atoms with E-state index in [2.05, 4.69) is 50.3 Å². The standard InChI is InChI=1S/C47H87O10P/c1-3-5-7-9-11-13-15-17-19-21-23-25-27-29-31-33-35-37-39-47(51)57-45(43-56-58(52,53)55-41-44(49)40-48)42-54-46(50)38-36-34-32-30-28-26-24-22-20-18-16-14-12-10-8-6-4-2/h13,15,18-21,44-45,48-49H,3-12,14,16-17,22-43H2,1-2H3,(H,52,53)/b15-13-,20-18-,21-19-. The summed E-state index contributed by atoms with van der Waals surface area (Å²) in [5, 5.41) is 18.4. The van der Waals surface area contributed by atoms with E-state index in [1.807, 2.05) is 0 Å². The number of carbonyl (C=O) groups is 2. The molecule has 3 atom stereocenters. The number of aliphatic hydroxyl groups is 2. The van der Waals surface area contributed by atoms with E-state index in [0.29, 0.717) is 12.8 Å². The van der Waals surface area contributed by atoms with E-state index in [1.165, 1.54) is 109 Å². The van der Waals surface area contributed by atoms with Crippen LogP contribution in [-0.2, 0) is 32.7 Å². The molecule has 0 aliphatic carbocycles. The SMILES string of the molecule is CCCCCC/C=C\C/C=C\CCCCCCCCCC(=O)OC(COC(=O)CCCCCCCCC/C=C\CCCCCCCC)COP(=O)(O)OCC(O)CO. The molecule has 3 N–H and O–H groups in total. The molecular weight excluding hydrogens is 755 g/mol. The molecule has 0 aliphatic rings. The van der Waals surface area contributed by atoms with Crippen LogP contribution in [0.3, 0.4) is 0 Å². The highest BCUT2D eigenvalue weighted by atomic mass is 31.2. The third-order valence-corrected chi connectivity index (χ3v) is 11.0. The van der Waals surface area contributed by atoms with Crippen LogP contribution >= 0.6 is 7.82 Å². The minimum absolute atomic E-state index is 0.175. The smallest absolute Gasteiger partial charge is 0.462 e. The minimum atomic E-state index is -4.62. The van der Waals surface area contributed by atoms with Crippen LogP contribution in [-0.4, -0.2) is 65.7 Å². The average molecular weight is 843 g/mol. The minimum Gasteiger partial charge on any atom is -0.462 e. The van der Waals surface area contributed by atoms with Crippen molar-refractivity contribution in [1.29, 1.82) is 0 Å². The summed E-state index contributed by atoms with van der Waals surface area (Å²) in [6, 6.07) is 0. The molecule has 0 aromatic rings. The monoisotopic (exact) mass is 843 g/mol. The van der Waals surface area contributed by atoms with Crippen LogP contribution in [0.4, 0.5) is 0 Å². The highest BCUT2D eigenvalue weighted by molar-refractivity contribution is 7.47. The number of unbranched alkanes of at least 4 members (excludes halogenated alkanes) is 24. The van der Waals surface area contributed by atoms with Crippen LogP contribution in [0.25, 0.3) is 0 Å². The van der Waals surface area contributed by atoms with Crippen molar-refractivity contribution in [3.8, 4) is 0 Å². The van der Waals surface area contributed by atoms with E-state index in [0.717, 1.165) is 64.2 Å². The van der Waals surface area contributed by atoms with E-state index >= 15 is 0 Å². The molecule has 0 aliphatic heterocycles. The fourth-order valence-electron chi connectivity index (χ4n) is 6.37. The van der Waals surface area contributed by atoms with Gasteiger partial charge in [-0.25, -0.2) is 4.57 Å². The van der Waals surface area contributed by atoms with E-state index < -0.39 is 51.8 Å². The second kappa shape index (κ2) is 43.3. The van der Waals surface area contributed by atoms with Gasteiger partial charge in [0.05, 0.1) is 19.8 Å². The van der Waals surface area contributed by atoms with E-state index in [1.54, 1.807) is 0 Å². The molecule has 0 amide bonds. The first-order chi connectivity index (χ1) is 28.2. The van der Waals surface area contributed by atoms with Gasteiger partial charge in [-0.1, -0.05) is 166 Å². The van der Waals surface area contributed by atoms with Gasteiger partial charge in [0.2, 0.25) is 0 Å². The van der Waals surface area contributed by atoms with Gasteiger partial charge in [0.1, 0.15) is 12.7 Å². The summed E-state index contributed by atoms with van der Waals surface area (Å²) in [5.74, 6) is -0.934. The van der Waals surface area contributed by atoms with Crippen molar-refractivity contribution in [3.63, 3.8) is 0 Å². The number of hydrogen-bond donors (Lipinski definition) is 3. The molecule has 11 heteroatoms. The highest BCUT2D eigenvalue weighted by Crippen LogP contribution is 2.43. The molecule has 3 unspecified atom stereocenters. The fourth-order valence-corrected chi connectivity index (χ4v) is 7.16. The van der Waals surface area contributed by atoms with E-state index in [4.69, 9.17) is 23.6 Å². The topological polar surface area (TPSA) is 149 Å². The summed E-state index contributed by atoms with van der Waals surface area (Å²) in [7, 11) is -4.62. The summed E-state index contributed by atoms with van der Waals surface area (Å²) >= 11 is 0. The molecule has 0 heterocycles. The summed E-state index contributed by atoms with van der Waals surface area (Å²) in [6.07, 6.45) is 45.3. The van der Waals surface area contributed by atoms with Gasteiger partial charge in [-0.15, -0.1) is 0 Å². The van der Waals surface area contributed by atoms with Crippen molar-refractivity contribution >= 4 is 19.8 Å². The molecule has 0 radical (unpaired) electrons. The molecule has 0 aromatic heterocycles. The molecule has 0 saturated heterocycles. The molecule has 0 saturated carbocycles. The van der Waals surface area contributed by atoms with Crippen molar-refractivity contribution in [3.05, 3.63) is 36.5 Å². The van der Waals surface area contributed by atoms with Crippen LogP contribution in [0.5, 0.6) is 0 Å². The second-order valence-electron chi connectivity index (χ2n) is 15.8.